The van der Waals surface area contributed by atoms with Crippen molar-refractivity contribution in [2.45, 2.75) is 50.8 Å². The zero-order chi connectivity index (χ0) is 25.1. The Balaban J connectivity index is 1.31. The van der Waals surface area contributed by atoms with E-state index in [0.717, 1.165) is 0 Å². The van der Waals surface area contributed by atoms with Gasteiger partial charge in [-0.3, -0.25) is 4.72 Å². The number of aromatic amines is 2. The lowest BCUT2D eigenvalue weighted by Crippen LogP contribution is -2.21. The topological polar surface area (TPSA) is 149 Å². The van der Waals surface area contributed by atoms with Crippen molar-refractivity contribution in [3.05, 3.63) is 48.2 Å². The summed E-state index contributed by atoms with van der Waals surface area (Å²) < 4.78 is 34.3. The number of aryl methyl sites for hydroxylation is 2. The minimum absolute atomic E-state index is 0.109. The standard InChI is InChI=1S/C24H28N8O3S/c1-15-12-20(28-16(2)27-15)32-36(33,34)19-10-8-18(9-11-19)29-24-30-22-21(25-14-26-22)23(31-24)35-13-17-6-4-3-5-7-17/h8-12,14,17H,3-7,13H2,1-2H3,(H,27,28,32)(H2,25,26,29,30,31)/p+1. The number of sulfonamides is 1. The summed E-state index contributed by atoms with van der Waals surface area (Å²) in [6.07, 6.45) is 7.74. The van der Waals surface area contributed by atoms with E-state index in [9.17, 15) is 8.42 Å². The van der Waals surface area contributed by atoms with Crippen LogP contribution in [0.3, 0.4) is 0 Å². The average Bonchev–Trinajstić information content (AvgIpc) is 3.31. The van der Waals surface area contributed by atoms with Gasteiger partial charge in [-0.2, -0.15) is 0 Å². The summed E-state index contributed by atoms with van der Waals surface area (Å²) in [5, 5.41) is 3.17. The van der Waals surface area contributed by atoms with Crippen LogP contribution in [-0.2, 0) is 10.0 Å². The Morgan fingerprint density at radius 1 is 1.08 bits per heavy atom. The first-order valence-electron chi connectivity index (χ1n) is 12.0. The summed E-state index contributed by atoms with van der Waals surface area (Å²) in [5.74, 6) is 2.28. The van der Waals surface area contributed by atoms with Gasteiger partial charge in [-0.25, -0.2) is 33.7 Å². The largest absolute Gasteiger partial charge is 0.466 e. The zero-order valence-corrected chi connectivity index (χ0v) is 21.0. The molecule has 188 valence electrons. The van der Waals surface area contributed by atoms with Crippen molar-refractivity contribution < 1.29 is 18.1 Å². The molecule has 1 aromatic carbocycles. The first-order chi connectivity index (χ1) is 17.4. The fourth-order valence-electron chi connectivity index (χ4n) is 4.39. The van der Waals surface area contributed by atoms with Crippen LogP contribution in [0.25, 0.3) is 11.2 Å². The van der Waals surface area contributed by atoms with Crippen molar-refractivity contribution in [3.63, 3.8) is 0 Å². The second-order valence-electron chi connectivity index (χ2n) is 9.03. The van der Waals surface area contributed by atoms with Crippen molar-refractivity contribution in [1.82, 2.24) is 24.9 Å². The van der Waals surface area contributed by atoms with Gasteiger partial charge in [-0.15, -0.1) is 0 Å². The van der Waals surface area contributed by atoms with Crippen molar-refractivity contribution in [2.24, 2.45) is 5.92 Å². The molecular formula is C24H29N8O3S+. The quantitative estimate of drug-likeness (QED) is 0.326. The molecule has 4 N–H and O–H groups in total. The van der Waals surface area contributed by atoms with Gasteiger partial charge in [0.1, 0.15) is 11.6 Å². The number of fused-ring (bicyclic) bond motifs is 1. The number of rotatable bonds is 8. The van der Waals surface area contributed by atoms with Gasteiger partial charge in [0.15, 0.2) is 5.52 Å². The number of hydrogen-bond acceptors (Lipinski definition) is 8. The molecule has 1 aliphatic rings. The monoisotopic (exact) mass is 509 g/mol. The lowest BCUT2D eigenvalue weighted by Gasteiger charge is -2.21. The van der Waals surface area contributed by atoms with Crippen molar-refractivity contribution in [1.29, 1.82) is 0 Å². The summed E-state index contributed by atoms with van der Waals surface area (Å²) >= 11 is 0. The van der Waals surface area contributed by atoms with Gasteiger partial charge in [0.2, 0.25) is 0 Å². The molecule has 0 saturated heterocycles. The maximum absolute atomic E-state index is 12.8. The highest BCUT2D eigenvalue weighted by Crippen LogP contribution is 2.26. The fraction of sp³-hybridized carbons (Fsp3) is 0.375. The number of nitrogens with zero attached hydrogens (tertiary/aromatic N) is 4. The van der Waals surface area contributed by atoms with Gasteiger partial charge in [0.05, 0.1) is 23.5 Å². The predicted molar refractivity (Wildman–Crippen MR) is 135 cm³/mol. The van der Waals surface area contributed by atoms with E-state index in [2.05, 4.69) is 39.9 Å². The van der Waals surface area contributed by atoms with Gasteiger partial charge in [-0.1, -0.05) is 19.3 Å². The summed E-state index contributed by atoms with van der Waals surface area (Å²) in [7, 11) is -3.81. The smallest absolute Gasteiger partial charge is 0.399 e. The molecule has 1 fully saturated rings. The van der Waals surface area contributed by atoms with E-state index in [0.29, 0.717) is 52.7 Å². The van der Waals surface area contributed by atoms with Crippen LogP contribution in [0.5, 0.6) is 5.88 Å². The molecule has 11 nitrogen and oxygen atoms in total. The van der Waals surface area contributed by atoms with E-state index in [4.69, 9.17) is 4.74 Å². The molecule has 12 heteroatoms. The van der Waals surface area contributed by atoms with Crippen LogP contribution in [0.2, 0.25) is 0 Å². The number of anilines is 3. The molecule has 0 spiro atoms. The van der Waals surface area contributed by atoms with Crippen molar-refractivity contribution in [2.75, 3.05) is 16.6 Å². The highest BCUT2D eigenvalue weighted by atomic mass is 32.2. The van der Waals surface area contributed by atoms with Crippen LogP contribution in [0.15, 0.2) is 41.6 Å². The van der Waals surface area contributed by atoms with Crippen LogP contribution in [0, 0.1) is 19.8 Å². The Kier molecular flexibility index (Phi) is 6.68. The molecule has 0 unspecified atom stereocenters. The van der Waals surface area contributed by atoms with E-state index in [1.165, 1.54) is 44.2 Å². The molecule has 5 rings (SSSR count). The number of nitrogens with one attached hydrogen (secondary N) is 4. The minimum Gasteiger partial charge on any atom is -0.466 e. The normalized spacial score (nSPS) is 14.6. The highest BCUT2D eigenvalue weighted by molar-refractivity contribution is 7.92. The summed E-state index contributed by atoms with van der Waals surface area (Å²) in [6.45, 7) is 4.13. The second-order valence-corrected chi connectivity index (χ2v) is 10.7. The van der Waals surface area contributed by atoms with Gasteiger partial charge < -0.3 is 9.72 Å². The zero-order valence-electron chi connectivity index (χ0n) is 20.2. The number of benzene rings is 1. The molecule has 0 atom stereocenters. The molecular weight excluding hydrogens is 480 g/mol. The van der Waals surface area contributed by atoms with Crippen LogP contribution in [0.4, 0.5) is 17.5 Å². The Morgan fingerprint density at radius 2 is 1.86 bits per heavy atom. The lowest BCUT2D eigenvalue weighted by molar-refractivity contribution is -0.380. The SMILES string of the molecule is Cc1cc(NS(=O)(=O)c2ccc(Nc3nc4nc[nH]c4c(OCC4CCCCC4)[nH+]3)cc2)nc(C)n1. The fourth-order valence-corrected chi connectivity index (χ4v) is 5.38. The maximum atomic E-state index is 12.8. The second kappa shape index (κ2) is 10.1. The van der Waals surface area contributed by atoms with Crippen LogP contribution < -0.4 is 19.8 Å². The highest BCUT2D eigenvalue weighted by Gasteiger charge is 2.21. The number of ether oxygens (including phenoxy) is 1. The Labute approximate surface area is 209 Å². The number of H-pyrrole nitrogens is 2. The van der Waals surface area contributed by atoms with Crippen LogP contribution in [-0.4, -0.2) is 39.9 Å². The molecule has 36 heavy (non-hydrogen) atoms. The van der Waals surface area contributed by atoms with Gasteiger partial charge in [0, 0.05) is 11.8 Å². The molecule has 0 amide bonds. The maximum Gasteiger partial charge on any atom is 0.399 e. The summed E-state index contributed by atoms with van der Waals surface area (Å²) in [6, 6.07) is 7.94. The van der Waals surface area contributed by atoms with E-state index in [1.54, 1.807) is 38.4 Å². The molecule has 0 aliphatic heterocycles. The van der Waals surface area contributed by atoms with Crippen molar-refractivity contribution in [3.8, 4) is 5.88 Å². The lowest BCUT2D eigenvalue weighted by atomic mass is 9.90. The van der Waals surface area contributed by atoms with E-state index in [-0.39, 0.29) is 10.7 Å². The van der Waals surface area contributed by atoms with Gasteiger partial charge in [-0.05, 0) is 61.9 Å². The third kappa shape index (κ3) is 5.54. The van der Waals surface area contributed by atoms with E-state index in [1.807, 2.05) is 0 Å². The first-order valence-corrected chi connectivity index (χ1v) is 13.5. The number of hydrogen-bond donors (Lipinski definition) is 3. The third-order valence-corrected chi connectivity index (χ3v) is 7.49. The number of imidazole rings is 1. The summed E-state index contributed by atoms with van der Waals surface area (Å²) in [4.78, 5) is 23.5. The molecule has 1 saturated carbocycles. The minimum atomic E-state index is -3.81. The van der Waals surface area contributed by atoms with Crippen LogP contribution in [0.1, 0.15) is 43.6 Å². The molecule has 4 aromatic rings. The number of aromatic nitrogens is 6. The predicted octanol–water partition coefficient (Wildman–Crippen LogP) is 3.68. The van der Waals surface area contributed by atoms with E-state index < -0.39 is 10.0 Å². The van der Waals surface area contributed by atoms with E-state index >= 15 is 0 Å². The third-order valence-electron chi connectivity index (χ3n) is 6.12. The molecule has 1 aliphatic carbocycles. The molecule has 3 heterocycles. The van der Waals surface area contributed by atoms with Gasteiger partial charge in [0.25, 0.3) is 21.6 Å². The Bertz CT molecular complexity index is 1440. The van der Waals surface area contributed by atoms with Crippen LogP contribution >= 0.6 is 0 Å². The first kappa shape index (κ1) is 23.9. The average molecular weight is 510 g/mol. The molecule has 0 radical (unpaired) electrons. The molecule has 3 aromatic heterocycles. The summed E-state index contributed by atoms with van der Waals surface area (Å²) in [5.41, 5.74) is 2.56. The Morgan fingerprint density at radius 3 is 2.61 bits per heavy atom. The molecule has 0 bridgehead atoms. The van der Waals surface area contributed by atoms with Gasteiger partial charge >= 0.3 is 5.95 Å². The Hall–Kier alpha value is -3.80. The van der Waals surface area contributed by atoms with Crippen molar-refractivity contribution >= 4 is 38.6 Å².